The van der Waals surface area contributed by atoms with Crippen LogP contribution in [0.4, 0.5) is 5.69 Å². The molecule has 0 saturated carbocycles. The van der Waals surface area contributed by atoms with E-state index in [9.17, 15) is 9.90 Å². The van der Waals surface area contributed by atoms with E-state index in [1.807, 2.05) is 6.92 Å². The molecule has 4 nitrogen and oxygen atoms in total. The lowest BCUT2D eigenvalue weighted by Gasteiger charge is -2.14. The van der Waals surface area contributed by atoms with Gasteiger partial charge >= 0.3 is 0 Å². The third-order valence-corrected chi connectivity index (χ3v) is 1.81. The second kappa shape index (κ2) is 5.36. The number of aliphatic hydroxyl groups is 1. The van der Waals surface area contributed by atoms with E-state index in [1.54, 1.807) is 24.3 Å². The molecule has 1 atom stereocenters. The zero-order valence-corrected chi connectivity index (χ0v) is 8.86. The molecule has 82 valence electrons. The Hall–Kier alpha value is -1.55. The molecule has 1 aromatic rings. The van der Waals surface area contributed by atoms with Crippen molar-refractivity contribution in [2.24, 2.45) is 0 Å². The number of aliphatic hydroxyl groups excluding tert-OH is 1. The molecule has 0 bridgehead atoms. The Morgan fingerprint density at radius 3 is 2.80 bits per heavy atom. The van der Waals surface area contributed by atoms with Crippen molar-refractivity contribution in [3.8, 4) is 5.75 Å². The van der Waals surface area contributed by atoms with Gasteiger partial charge in [-0.2, -0.15) is 0 Å². The van der Waals surface area contributed by atoms with E-state index >= 15 is 0 Å². The summed E-state index contributed by atoms with van der Waals surface area (Å²) in [6, 6.07) is 6.99. The SMILES string of the molecule is CCC(O)Oc1ccccc1NC(C)=O. The standard InChI is InChI=1S/C11H15NO3/c1-3-11(14)15-10-7-5-4-6-9(10)12-8(2)13/h4-7,11,14H,3H2,1-2H3,(H,12,13). The van der Waals surface area contributed by atoms with E-state index in [0.29, 0.717) is 17.9 Å². The summed E-state index contributed by atoms with van der Waals surface area (Å²) in [6.07, 6.45) is -0.353. The molecular formula is C11H15NO3. The minimum atomic E-state index is -0.847. The topological polar surface area (TPSA) is 58.6 Å². The number of para-hydroxylation sites is 2. The first-order valence-electron chi connectivity index (χ1n) is 4.84. The van der Waals surface area contributed by atoms with Crippen LogP contribution in [-0.4, -0.2) is 17.3 Å². The molecule has 1 amide bonds. The highest BCUT2D eigenvalue weighted by molar-refractivity contribution is 5.90. The van der Waals surface area contributed by atoms with Crippen LogP contribution < -0.4 is 10.1 Å². The van der Waals surface area contributed by atoms with E-state index in [2.05, 4.69) is 5.32 Å². The first-order chi connectivity index (χ1) is 7.13. The van der Waals surface area contributed by atoms with Gasteiger partial charge in [0.1, 0.15) is 5.75 Å². The van der Waals surface area contributed by atoms with Gasteiger partial charge < -0.3 is 15.2 Å². The molecule has 1 unspecified atom stereocenters. The average molecular weight is 209 g/mol. The molecule has 0 aliphatic rings. The van der Waals surface area contributed by atoms with Crippen LogP contribution in [0.2, 0.25) is 0 Å². The van der Waals surface area contributed by atoms with Crippen molar-refractivity contribution in [2.75, 3.05) is 5.32 Å². The normalized spacial score (nSPS) is 11.9. The Labute approximate surface area is 88.9 Å². The van der Waals surface area contributed by atoms with Crippen molar-refractivity contribution in [3.05, 3.63) is 24.3 Å². The number of anilines is 1. The average Bonchev–Trinajstić information content (AvgIpc) is 2.20. The number of nitrogens with one attached hydrogen (secondary N) is 1. The maximum atomic E-state index is 10.9. The predicted octanol–water partition coefficient (Wildman–Crippen LogP) is 1.75. The molecule has 0 aromatic heterocycles. The molecule has 0 saturated heterocycles. The van der Waals surface area contributed by atoms with Gasteiger partial charge in [0, 0.05) is 13.3 Å². The fourth-order valence-electron chi connectivity index (χ4n) is 1.09. The molecule has 0 aliphatic heterocycles. The van der Waals surface area contributed by atoms with E-state index in [0.717, 1.165) is 0 Å². The first kappa shape index (κ1) is 11.5. The molecule has 15 heavy (non-hydrogen) atoms. The van der Waals surface area contributed by atoms with Gasteiger partial charge in [0.2, 0.25) is 5.91 Å². The zero-order valence-electron chi connectivity index (χ0n) is 8.86. The largest absolute Gasteiger partial charge is 0.463 e. The molecule has 0 aliphatic carbocycles. The van der Waals surface area contributed by atoms with Gasteiger partial charge in [0.25, 0.3) is 0 Å². The predicted molar refractivity (Wildman–Crippen MR) is 57.7 cm³/mol. The Kier molecular flexibility index (Phi) is 4.12. The van der Waals surface area contributed by atoms with Gasteiger partial charge in [0.15, 0.2) is 6.29 Å². The minimum Gasteiger partial charge on any atom is -0.463 e. The van der Waals surface area contributed by atoms with E-state index in [-0.39, 0.29) is 5.91 Å². The summed E-state index contributed by atoms with van der Waals surface area (Å²) >= 11 is 0. The highest BCUT2D eigenvalue weighted by Gasteiger charge is 2.07. The van der Waals surface area contributed by atoms with E-state index in [4.69, 9.17) is 4.74 Å². The van der Waals surface area contributed by atoms with Crippen molar-refractivity contribution in [3.63, 3.8) is 0 Å². The Morgan fingerprint density at radius 2 is 2.20 bits per heavy atom. The molecule has 0 spiro atoms. The molecular weight excluding hydrogens is 194 g/mol. The number of benzene rings is 1. The van der Waals surface area contributed by atoms with Gasteiger partial charge in [0.05, 0.1) is 5.69 Å². The van der Waals surface area contributed by atoms with E-state index in [1.165, 1.54) is 6.92 Å². The van der Waals surface area contributed by atoms with Crippen LogP contribution in [0.5, 0.6) is 5.75 Å². The number of carbonyl (C=O) groups excluding carboxylic acids is 1. The molecule has 1 aromatic carbocycles. The van der Waals surface area contributed by atoms with Crippen molar-refractivity contribution < 1.29 is 14.6 Å². The Morgan fingerprint density at radius 1 is 1.53 bits per heavy atom. The maximum absolute atomic E-state index is 10.9. The quantitative estimate of drug-likeness (QED) is 0.743. The molecule has 2 N–H and O–H groups in total. The third kappa shape index (κ3) is 3.59. The van der Waals surface area contributed by atoms with Gasteiger partial charge in [-0.25, -0.2) is 0 Å². The smallest absolute Gasteiger partial charge is 0.221 e. The van der Waals surface area contributed by atoms with Gasteiger partial charge in [-0.1, -0.05) is 19.1 Å². The van der Waals surface area contributed by atoms with Crippen LogP contribution in [-0.2, 0) is 4.79 Å². The van der Waals surface area contributed by atoms with Crippen LogP contribution in [0.1, 0.15) is 20.3 Å². The fourth-order valence-corrected chi connectivity index (χ4v) is 1.09. The molecule has 0 radical (unpaired) electrons. The summed E-state index contributed by atoms with van der Waals surface area (Å²) in [5, 5.41) is 12.0. The van der Waals surface area contributed by atoms with Crippen LogP contribution in [0.15, 0.2) is 24.3 Å². The van der Waals surface area contributed by atoms with Gasteiger partial charge in [-0.05, 0) is 12.1 Å². The summed E-state index contributed by atoms with van der Waals surface area (Å²) in [5.74, 6) is 0.305. The summed E-state index contributed by atoms with van der Waals surface area (Å²) in [4.78, 5) is 10.9. The second-order valence-electron chi connectivity index (χ2n) is 3.16. The third-order valence-electron chi connectivity index (χ3n) is 1.81. The second-order valence-corrected chi connectivity index (χ2v) is 3.16. The van der Waals surface area contributed by atoms with Crippen LogP contribution >= 0.6 is 0 Å². The lowest BCUT2D eigenvalue weighted by molar-refractivity contribution is -0.114. The summed E-state index contributed by atoms with van der Waals surface area (Å²) in [6.45, 7) is 3.23. The highest BCUT2D eigenvalue weighted by Crippen LogP contribution is 2.24. The summed E-state index contributed by atoms with van der Waals surface area (Å²) < 4.78 is 5.24. The highest BCUT2D eigenvalue weighted by atomic mass is 16.6. The summed E-state index contributed by atoms with van der Waals surface area (Å²) in [5.41, 5.74) is 0.567. The van der Waals surface area contributed by atoms with Crippen molar-refractivity contribution in [1.29, 1.82) is 0 Å². The Bertz CT molecular complexity index is 338. The molecule has 1 rings (SSSR count). The van der Waals surface area contributed by atoms with Gasteiger partial charge in [-0.3, -0.25) is 4.79 Å². The number of hydrogen-bond donors (Lipinski definition) is 2. The lowest BCUT2D eigenvalue weighted by atomic mass is 10.3. The van der Waals surface area contributed by atoms with E-state index < -0.39 is 6.29 Å². The maximum Gasteiger partial charge on any atom is 0.221 e. The number of rotatable bonds is 4. The number of carbonyl (C=O) groups is 1. The van der Waals surface area contributed by atoms with Crippen molar-refractivity contribution >= 4 is 11.6 Å². The van der Waals surface area contributed by atoms with Gasteiger partial charge in [-0.15, -0.1) is 0 Å². The number of hydrogen-bond acceptors (Lipinski definition) is 3. The molecule has 4 heteroatoms. The fraction of sp³-hybridized carbons (Fsp3) is 0.364. The minimum absolute atomic E-state index is 0.169. The first-order valence-corrected chi connectivity index (χ1v) is 4.84. The summed E-state index contributed by atoms with van der Waals surface area (Å²) in [7, 11) is 0. The molecule has 0 fully saturated rings. The monoisotopic (exact) mass is 209 g/mol. The molecule has 0 heterocycles. The van der Waals surface area contributed by atoms with Crippen LogP contribution in [0.3, 0.4) is 0 Å². The number of amides is 1. The Balaban J connectivity index is 2.81. The van der Waals surface area contributed by atoms with Crippen molar-refractivity contribution in [2.45, 2.75) is 26.6 Å². The van der Waals surface area contributed by atoms with Crippen LogP contribution in [0, 0.1) is 0 Å². The zero-order chi connectivity index (χ0) is 11.3. The van der Waals surface area contributed by atoms with Crippen LogP contribution in [0.25, 0.3) is 0 Å². The number of ether oxygens (including phenoxy) is 1. The lowest BCUT2D eigenvalue weighted by Crippen LogP contribution is -2.15. The van der Waals surface area contributed by atoms with Crippen molar-refractivity contribution in [1.82, 2.24) is 0 Å².